The Morgan fingerprint density at radius 3 is 2.68 bits per heavy atom. The quantitative estimate of drug-likeness (QED) is 0.267. The van der Waals surface area contributed by atoms with Gasteiger partial charge in [0.2, 0.25) is 5.91 Å². The summed E-state index contributed by atoms with van der Waals surface area (Å²) < 4.78 is 7.92. The second-order valence-electron chi connectivity index (χ2n) is 12.7. The summed E-state index contributed by atoms with van der Waals surface area (Å²) in [4.78, 5) is 19.1. The molecular formula is C36H39N3O2. The number of ether oxygens (including phenoxy) is 1. The number of piperidine rings is 4. The summed E-state index contributed by atoms with van der Waals surface area (Å²) in [7, 11) is 1.72. The van der Waals surface area contributed by atoms with Crippen molar-refractivity contribution in [2.75, 3.05) is 26.7 Å². The van der Waals surface area contributed by atoms with E-state index in [2.05, 4.69) is 81.2 Å². The van der Waals surface area contributed by atoms with Gasteiger partial charge in [-0.05, 0) is 104 Å². The Bertz CT molecular complexity index is 1670. The van der Waals surface area contributed by atoms with Crippen LogP contribution in [0.5, 0.6) is 5.75 Å². The minimum atomic E-state index is 0.284. The molecule has 4 aromatic rings. The Morgan fingerprint density at radius 1 is 0.951 bits per heavy atom. The molecule has 4 aliphatic rings. The van der Waals surface area contributed by atoms with Crippen molar-refractivity contribution in [3.05, 3.63) is 83.6 Å². The van der Waals surface area contributed by atoms with Crippen LogP contribution in [0.25, 0.3) is 27.8 Å². The lowest BCUT2D eigenvalue weighted by atomic mass is 9.67. The molecule has 4 aliphatic heterocycles. The third-order valence-corrected chi connectivity index (χ3v) is 10.5. The van der Waals surface area contributed by atoms with Crippen LogP contribution in [0.1, 0.15) is 49.7 Å². The molecule has 41 heavy (non-hydrogen) atoms. The standard InChI is InChI=1S/C36H39N3O2/c1-41-30-13-14-31-29(22-38(34(31)20-30)21-24-10-11-25-6-2-3-7-26(25)18-24)19-27-12-15-33-32-9-5-17-37-16-4-8-28(35(32)37)23-39(33)36(27)40/h2-3,6-7,10-11,13-14,18-20,22,28,32-33,35H,4-5,8-9,12,15-17,21,23H2,1H3/b27-19+/t28-,32+,33+,35-/m0/s1. The number of hydrogen-bond acceptors (Lipinski definition) is 3. The number of methoxy groups -OCH3 is 1. The average Bonchev–Trinajstić information content (AvgIpc) is 3.34. The number of amides is 1. The zero-order valence-corrected chi connectivity index (χ0v) is 24.0. The average molecular weight is 546 g/mol. The zero-order chi connectivity index (χ0) is 27.5. The summed E-state index contributed by atoms with van der Waals surface area (Å²) in [5, 5.41) is 3.68. The molecule has 0 saturated carbocycles. The van der Waals surface area contributed by atoms with Gasteiger partial charge in [0.1, 0.15) is 5.75 Å². The summed E-state index contributed by atoms with van der Waals surface area (Å²) in [6.45, 7) is 4.23. The van der Waals surface area contributed by atoms with Crippen molar-refractivity contribution in [2.24, 2.45) is 11.8 Å². The van der Waals surface area contributed by atoms with E-state index in [1.54, 1.807) is 7.11 Å². The molecule has 4 fully saturated rings. The van der Waals surface area contributed by atoms with Crippen LogP contribution in [0.2, 0.25) is 0 Å². The molecule has 0 spiro atoms. The monoisotopic (exact) mass is 545 g/mol. The van der Waals surface area contributed by atoms with Crippen LogP contribution >= 0.6 is 0 Å². The maximum Gasteiger partial charge on any atom is 0.250 e. The lowest BCUT2D eigenvalue weighted by molar-refractivity contribution is -0.145. The summed E-state index contributed by atoms with van der Waals surface area (Å²) in [5.41, 5.74) is 4.50. The van der Waals surface area contributed by atoms with E-state index in [0.29, 0.717) is 23.9 Å². The van der Waals surface area contributed by atoms with E-state index in [-0.39, 0.29) is 5.91 Å². The fraction of sp³-hybridized carbons (Fsp3) is 0.417. The van der Waals surface area contributed by atoms with Gasteiger partial charge in [0.25, 0.3) is 0 Å². The van der Waals surface area contributed by atoms with Gasteiger partial charge in [-0.25, -0.2) is 0 Å². The number of benzene rings is 3. The maximum atomic E-state index is 14.1. The van der Waals surface area contributed by atoms with Crippen LogP contribution in [0.4, 0.5) is 0 Å². The molecule has 8 rings (SSSR count). The maximum absolute atomic E-state index is 14.1. The highest BCUT2D eigenvalue weighted by Gasteiger charge is 2.51. The lowest BCUT2D eigenvalue weighted by Gasteiger charge is -2.58. The Balaban J connectivity index is 1.13. The molecule has 4 atom stereocenters. The molecule has 5 heteroatoms. The van der Waals surface area contributed by atoms with Crippen LogP contribution in [0.3, 0.4) is 0 Å². The van der Waals surface area contributed by atoms with Crippen LogP contribution in [-0.2, 0) is 11.3 Å². The van der Waals surface area contributed by atoms with Crippen LogP contribution in [-0.4, -0.2) is 59.1 Å². The largest absolute Gasteiger partial charge is 0.497 e. The fourth-order valence-electron chi connectivity index (χ4n) is 8.72. The Kier molecular flexibility index (Phi) is 6.17. The summed E-state index contributed by atoms with van der Waals surface area (Å²) in [6, 6.07) is 22.7. The highest BCUT2D eigenvalue weighted by molar-refractivity contribution is 6.02. The van der Waals surface area contributed by atoms with Gasteiger partial charge in [0, 0.05) is 54.0 Å². The number of rotatable bonds is 4. The second-order valence-corrected chi connectivity index (χ2v) is 12.7. The minimum Gasteiger partial charge on any atom is -0.497 e. The highest BCUT2D eigenvalue weighted by atomic mass is 16.5. The predicted octanol–water partition coefficient (Wildman–Crippen LogP) is 6.73. The molecule has 4 saturated heterocycles. The van der Waals surface area contributed by atoms with Crippen molar-refractivity contribution in [1.29, 1.82) is 0 Å². The van der Waals surface area contributed by atoms with E-state index >= 15 is 0 Å². The van der Waals surface area contributed by atoms with Gasteiger partial charge in [-0.1, -0.05) is 36.4 Å². The lowest BCUT2D eigenvalue weighted by Crippen LogP contribution is -2.66. The predicted molar refractivity (Wildman–Crippen MR) is 165 cm³/mol. The van der Waals surface area contributed by atoms with E-state index in [9.17, 15) is 4.79 Å². The molecule has 0 radical (unpaired) electrons. The van der Waals surface area contributed by atoms with Gasteiger partial charge in [0.15, 0.2) is 0 Å². The van der Waals surface area contributed by atoms with Crippen molar-refractivity contribution in [1.82, 2.24) is 14.4 Å². The zero-order valence-electron chi connectivity index (χ0n) is 24.0. The van der Waals surface area contributed by atoms with Crippen molar-refractivity contribution in [3.8, 4) is 5.75 Å². The third-order valence-electron chi connectivity index (χ3n) is 10.5. The summed E-state index contributed by atoms with van der Waals surface area (Å²) in [6.07, 6.45) is 11.5. The van der Waals surface area contributed by atoms with E-state index < -0.39 is 0 Å². The van der Waals surface area contributed by atoms with Gasteiger partial charge < -0.3 is 14.2 Å². The summed E-state index contributed by atoms with van der Waals surface area (Å²) >= 11 is 0. The van der Waals surface area contributed by atoms with Gasteiger partial charge >= 0.3 is 0 Å². The van der Waals surface area contributed by atoms with E-state index in [4.69, 9.17) is 4.74 Å². The Morgan fingerprint density at radius 2 is 1.80 bits per heavy atom. The van der Waals surface area contributed by atoms with Gasteiger partial charge in [-0.3, -0.25) is 9.69 Å². The fourth-order valence-corrected chi connectivity index (χ4v) is 8.72. The first-order valence-electron chi connectivity index (χ1n) is 15.6. The molecule has 0 aliphatic carbocycles. The number of nitrogens with zero attached hydrogens (tertiary/aromatic N) is 3. The van der Waals surface area contributed by atoms with Crippen LogP contribution in [0.15, 0.2) is 72.4 Å². The van der Waals surface area contributed by atoms with Gasteiger partial charge in [0.05, 0.1) is 12.6 Å². The first-order valence-corrected chi connectivity index (χ1v) is 15.6. The number of fused-ring (bicyclic) bond motifs is 4. The molecule has 0 unspecified atom stereocenters. The number of aromatic nitrogens is 1. The van der Waals surface area contributed by atoms with Crippen molar-refractivity contribution in [2.45, 2.75) is 57.2 Å². The Labute approximate surface area is 242 Å². The molecular weight excluding hydrogens is 506 g/mol. The molecule has 1 amide bonds. The normalized spacial score (nSPS) is 27.3. The Hall–Kier alpha value is -3.57. The van der Waals surface area contributed by atoms with Crippen molar-refractivity contribution in [3.63, 3.8) is 0 Å². The van der Waals surface area contributed by atoms with E-state index in [1.165, 1.54) is 60.5 Å². The highest BCUT2D eigenvalue weighted by Crippen LogP contribution is 2.45. The summed E-state index contributed by atoms with van der Waals surface area (Å²) in [5.74, 6) is 2.43. The van der Waals surface area contributed by atoms with Crippen molar-refractivity contribution >= 4 is 33.7 Å². The topological polar surface area (TPSA) is 37.7 Å². The molecule has 1 aromatic heterocycles. The molecule has 5 nitrogen and oxygen atoms in total. The van der Waals surface area contributed by atoms with Crippen LogP contribution in [0, 0.1) is 11.8 Å². The van der Waals surface area contributed by atoms with E-state index in [1.807, 2.05) is 6.07 Å². The first kappa shape index (κ1) is 25.2. The van der Waals surface area contributed by atoms with Gasteiger partial charge in [-0.15, -0.1) is 0 Å². The van der Waals surface area contributed by atoms with Crippen molar-refractivity contribution < 1.29 is 9.53 Å². The first-order chi connectivity index (χ1) is 20.2. The van der Waals surface area contributed by atoms with Gasteiger partial charge in [-0.2, -0.15) is 0 Å². The number of carbonyl (C=O) groups is 1. The van der Waals surface area contributed by atoms with E-state index in [0.717, 1.165) is 48.3 Å². The smallest absolute Gasteiger partial charge is 0.250 e. The SMILES string of the molecule is COc1ccc2c(/C=C3\CC[C@@H]4[C@H]5CCCN6CCC[C@@H](CN4C3=O)[C@@H]56)cn(Cc3ccc4ccccc4c3)c2c1. The molecule has 0 N–H and O–H groups in total. The molecule has 0 bridgehead atoms. The second kappa shape index (κ2) is 10.1. The van der Waals surface area contributed by atoms with Crippen LogP contribution < -0.4 is 4.74 Å². The molecule has 5 heterocycles. The molecule has 210 valence electrons. The number of hydrogen-bond donors (Lipinski definition) is 0. The number of carbonyl (C=O) groups excluding carboxylic acids is 1. The molecule has 3 aromatic carbocycles. The third kappa shape index (κ3) is 4.28. The minimum absolute atomic E-state index is 0.284.